The molecule has 0 atom stereocenters. The highest BCUT2D eigenvalue weighted by atomic mass is 35.5. The minimum absolute atomic E-state index is 0.163. The van der Waals surface area contributed by atoms with Gasteiger partial charge in [0.2, 0.25) is 15.9 Å². The first-order valence-corrected chi connectivity index (χ1v) is 13.0. The number of carbonyl (C=O) groups is 1. The van der Waals surface area contributed by atoms with E-state index in [2.05, 4.69) is 27.0 Å². The van der Waals surface area contributed by atoms with Crippen LogP contribution in [-0.4, -0.2) is 49.2 Å². The summed E-state index contributed by atoms with van der Waals surface area (Å²) in [7, 11) is -3.56. The number of nitrogens with one attached hydrogen (secondary N) is 1. The molecule has 2 aliphatic rings. The lowest BCUT2D eigenvalue weighted by Crippen LogP contribution is -2.29. The van der Waals surface area contributed by atoms with Gasteiger partial charge < -0.3 is 5.32 Å². The maximum Gasteiger partial charge on any atom is 0.243 e. The topological polar surface area (TPSA) is 69.7 Å². The van der Waals surface area contributed by atoms with Crippen molar-refractivity contribution >= 4 is 44.6 Å². The Balaban J connectivity index is 1.39. The number of anilines is 1. The molecule has 1 N–H and O–H groups in total. The van der Waals surface area contributed by atoms with E-state index in [9.17, 15) is 13.2 Å². The summed E-state index contributed by atoms with van der Waals surface area (Å²) in [6, 6.07) is 7.17. The van der Waals surface area contributed by atoms with Crippen LogP contribution < -0.4 is 5.32 Å². The number of rotatable bonds is 9. The van der Waals surface area contributed by atoms with Crippen molar-refractivity contribution in [1.29, 1.82) is 0 Å². The summed E-state index contributed by atoms with van der Waals surface area (Å²) in [5.74, 6) is -0.163. The van der Waals surface area contributed by atoms with Crippen molar-refractivity contribution in [1.82, 2.24) is 9.21 Å². The van der Waals surface area contributed by atoms with Crippen LogP contribution >= 0.6 is 22.9 Å². The minimum Gasteiger partial charge on any atom is -0.325 e. The molecule has 0 radical (unpaired) electrons. The largest absolute Gasteiger partial charge is 0.325 e. The van der Waals surface area contributed by atoms with Gasteiger partial charge in [-0.3, -0.25) is 9.69 Å². The van der Waals surface area contributed by atoms with E-state index in [1.54, 1.807) is 11.3 Å². The minimum atomic E-state index is -3.56. The molecule has 2 fully saturated rings. The molecule has 1 saturated heterocycles. The van der Waals surface area contributed by atoms with Crippen molar-refractivity contribution < 1.29 is 13.2 Å². The molecule has 4 rings (SSSR count). The number of carbonyl (C=O) groups excluding carboxylic acids is 1. The van der Waals surface area contributed by atoms with Gasteiger partial charge in [-0.05, 0) is 66.3 Å². The summed E-state index contributed by atoms with van der Waals surface area (Å²) in [5, 5.41) is 7.35. The van der Waals surface area contributed by atoms with E-state index in [-0.39, 0.29) is 10.8 Å². The zero-order valence-corrected chi connectivity index (χ0v) is 19.1. The number of sulfonamides is 1. The summed E-state index contributed by atoms with van der Waals surface area (Å²) in [6.07, 6.45) is 4.43. The maximum absolute atomic E-state index is 12.8. The fraction of sp³-hybridized carbons (Fsp3) is 0.476. The van der Waals surface area contributed by atoms with Gasteiger partial charge >= 0.3 is 0 Å². The van der Waals surface area contributed by atoms with Gasteiger partial charge in [-0.1, -0.05) is 11.6 Å². The average molecular weight is 468 g/mol. The number of nitrogens with zero attached hydrogens (tertiary/aromatic N) is 2. The van der Waals surface area contributed by atoms with Gasteiger partial charge in [-0.2, -0.15) is 15.6 Å². The van der Waals surface area contributed by atoms with Crippen LogP contribution in [0.15, 0.2) is 39.9 Å². The maximum atomic E-state index is 12.8. The molecule has 9 heteroatoms. The second-order valence-corrected chi connectivity index (χ2v) is 11.0. The fourth-order valence-electron chi connectivity index (χ4n) is 3.74. The van der Waals surface area contributed by atoms with E-state index in [1.807, 2.05) is 0 Å². The quantitative estimate of drug-likeness (QED) is 0.600. The molecule has 2 heterocycles. The molecule has 0 bridgehead atoms. The molecule has 0 unspecified atom stereocenters. The number of amides is 1. The number of thiophene rings is 1. The van der Waals surface area contributed by atoms with Gasteiger partial charge in [-0.25, -0.2) is 8.42 Å². The van der Waals surface area contributed by atoms with Crippen molar-refractivity contribution in [3.8, 4) is 0 Å². The van der Waals surface area contributed by atoms with Crippen LogP contribution in [0.1, 0.15) is 37.7 Å². The normalized spacial score (nSPS) is 17.5. The van der Waals surface area contributed by atoms with Crippen LogP contribution in [0.5, 0.6) is 0 Å². The highest BCUT2D eigenvalue weighted by Crippen LogP contribution is 2.30. The Hall–Kier alpha value is -1.45. The third-order valence-corrected chi connectivity index (χ3v) is 8.53. The Kier molecular flexibility index (Phi) is 6.79. The lowest BCUT2D eigenvalue weighted by Gasteiger charge is -2.21. The van der Waals surface area contributed by atoms with Crippen LogP contribution in [0.2, 0.25) is 5.02 Å². The molecule has 2 aromatic rings. The smallest absolute Gasteiger partial charge is 0.243 e. The summed E-state index contributed by atoms with van der Waals surface area (Å²) in [6.45, 7) is 2.59. The second-order valence-electron chi connectivity index (χ2n) is 7.88. The summed E-state index contributed by atoms with van der Waals surface area (Å²) >= 11 is 7.92. The predicted molar refractivity (Wildman–Crippen MR) is 120 cm³/mol. The Morgan fingerprint density at radius 3 is 2.67 bits per heavy atom. The van der Waals surface area contributed by atoms with Crippen LogP contribution in [-0.2, 0) is 21.4 Å². The van der Waals surface area contributed by atoms with Gasteiger partial charge in [0.05, 0.1) is 15.6 Å². The van der Waals surface area contributed by atoms with Crippen LogP contribution in [0, 0.1) is 0 Å². The highest BCUT2D eigenvalue weighted by Gasteiger charge is 2.30. The number of hydrogen-bond acceptors (Lipinski definition) is 5. The Labute approximate surface area is 186 Å². The highest BCUT2D eigenvalue weighted by molar-refractivity contribution is 7.89. The van der Waals surface area contributed by atoms with Gasteiger partial charge in [0.1, 0.15) is 0 Å². The van der Waals surface area contributed by atoms with Crippen molar-refractivity contribution in [3.63, 3.8) is 0 Å². The first-order valence-electron chi connectivity index (χ1n) is 10.3. The third kappa shape index (κ3) is 5.23. The van der Waals surface area contributed by atoms with E-state index < -0.39 is 10.0 Å². The van der Waals surface area contributed by atoms with Crippen LogP contribution in [0.4, 0.5) is 5.69 Å². The van der Waals surface area contributed by atoms with E-state index in [4.69, 9.17) is 11.6 Å². The molecular weight excluding hydrogens is 442 g/mol. The van der Waals surface area contributed by atoms with E-state index >= 15 is 0 Å². The first-order chi connectivity index (χ1) is 14.4. The van der Waals surface area contributed by atoms with Crippen LogP contribution in [0.25, 0.3) is 0 Å². The first kappa shape index (κ1) is 21.8. The number of hydrogen-bond donors (Lipinski definition) is 1. The SMILES string of the molecule is O=C(CCN(Cc1ccsc1)C1CC1)Nc1cc(S(=O)(=O)N2CCCC2)ccc1Cl. The lowest BCUT2D eigenvalue weighted by atomic mass is 10.2. The second kappa shape index (κ2) is 9.36. The summed E-state index contributed by atoms with van der Waals surface area (Å²) in [4.78, 5) is 15.1. The van der Waals surface area contributed by atoms with Crippen molar-refractivity contribution in [2.45, 2.75) is 49.6 Å². The van der Waals surface area contributed by atoms with Gasteiger partial charge in [-0.15, -0.1) is 0 Å². The molecule has 1 aliphatic carbocycles. The Bertz CT molecular complexity index is 985. The number of benzene rings is 1. The monoisotopic (exact) mass is 467 g/mol. The van der Waals surface area contributed by atoms with Crippen molar-refractivity contribution in [2.24, 2.45) is 0 Å². The van der Waals surface area contributed by atoms with Gasteiger partial charge in [0.25, 0.3) is 0 Å². The molecule has 30 heavy (non-hydrogen) atoms. The molecule has 1 aromatic heterocycles. The lowest BCUT2D eigenvalue weighted by molar-refractivity contribution is -0.116. The molecule has 1 saturated carbocycles. The predicted octanol–water partition coefficient (Wildman–Crippen LogP) is 4.18. The van der Waals surface area contributed by atoms with Gasteiger partial charge in [0, 0.05) is 38.6 Å². The zero-order chi connectivity index (χ0) is 21.1. The molecule has 1 amide bonds. The van der Waals surface area contributed by atoms with E-state index in [0.717, 1.165) is 19.4 Å². The molecular formula is C21H26ClN3O3S2. The van der Waals surface area contributed by atoms with Crippen molar-refractivity contribution in [2.75, 3.05) is 25.0 Å². The standard InChI is InChI=1S/C21H26ClN3O3S2/c22-19-6-5-18(30(27,28)25-9-1-2-10-25)13-20(19)23-21(26)7-11-24(17-3-4-17)14-16-8-12-29-15-16/h5-6,8,12-13,15,17H,1-4,7,9-11,14H2,(H,23,26). The average Bonchev–Trinajstić information content (AvgIpc) is 3.18. The Morgan fingerprint density at radius 2 is 2.00 bits per heavy atom. The molecule has 1 aromatic carbocycles. The van der Waals surface area contributed by atoms with E-state index in [1.165, 1.54) is 40.9 Å². The molecule has 1 aliphatic heterocycles. The number of halogens is 1. The molecule has 6 nitrogen and oxygen atoms in total. The summed E-state index contributed by atoms with van der Waals surface area (Å²) < 4.78 is 27.1. The van der Waals surface area contributed by atoms with Gasteiger partial charge in [0.15, 0.2) is 0 Å². The molecule has 0 spiro atoms. The van der Waals surface area contributed by atoms with Crippen LogP contribution in [0.3, 0.4) is 0 Å². The van der Waals surface area contributed by atoms with Crippen molar-refractivity contribution in [3.05, 3.63) is 45.6 Å². The zero-order valence-electron chi connectivity index (χ0n) is 16.7. The Morgan fingerprint density at radius 1 is 1.23 bits per heavy atom. The fourth-order valence-corrected chi connectivity index (χ4v) is 6.11. The van der Waals surface area contributed by atoms with E-state index in [0.29, 0.717) is 42.8 Å². The summed E-state index contributed by atoms with van der Waals surface area (Å²) in [5.41, 5.74) is 1.62. The molecule has 162 valence electrons. The third-order valence-electron chi connectivity index (χ3n) is 5.57.